The number of nitrogens with zero attached hydrogens (tertiary/aromatic N) is 3. The summed E-state index contributed by atoms with van der Waals surface area (Å²) in [5.74, 6) is 1.51. The first kappa shape index (κ1) is 22.6. The van der Waals surface area contributed by atoms with E-state index < -0.39 is 6.10 Å². The number of ether oxygens (including phenoxy) is 1. The van der Waals surface area contributed by atoms with Crippen molar-refractivity contribution in [3.05, 3.63) is 29.3 Å². The van der Waals surface area contributed by atoms with E-state index in [-0.39, 0.29) is 17.7 Å². The average molecular weight is 416 g/mol. The summed E-state index contributed by atoms with van der Waals surface area (Å²) in [6.07, 6.45) is 0.955. The number of hydrogen-bond donors (Lipinski definition) is 0. The minimum absolute atomic E-state index is 0.00563. The highest BCUT2D eigenvalue weighted by atomic mass is 16.5. The highest BCUT2D eigenvalue weighted by molar-refractivity contribution is 5.82. The van der Waals surface area contributed by atoms with Gasteiger partial charge in [-0.25, -0.2) is 0 Å². The predicted molar refractivity (Wildman–Crippen MR) is 119 cm³/mol. The van der Waals surface area contributed by atoms with Crippen LogP contribution < -0.4 is 4.74 Å². The summed E-state index contributed by atoms with van der Waals surface area (Å²) >= 11 is 0. The van der Waals surface area contributed by atoms with E-state index in [1.807, 2.05) is 28.9 Å². The number of likely N-dealkylation sites (tertiary alicyclic amines) is 1. The number of carbonyl (C=O) groups is 2. The smallest absolute Gasteiger partial charge is 0.263 e. The number of benzene rings is 1. The molecule has 0 bridgehead atoms. The number of aryl methyl sites for hydroxylation is 1. The summed E-state index contributed by atoms with van der Waals surface area (Å²) < 4.78 is 5.95. The molecule has 30 heavy (non-hydrogen) atoms. The molecule has 2 amide bonds. The summed E-state index contributed by atoms with van der Waals surface area (Å²) in [6.45, 7) is 13.0. The molecule has 1 atom stereocenters. The van der Waals surface area contributed by atoms with Gasteiger partial charge < -0.3 is 19.4 Å². The lowest BCUT2D eigenvalue weighted by atomic mass is 9.94. The zero-order valence-corrected chi connectivity index (χ0v) is 19.2. The van der Waals surface area contributed by atoms with Gasteiger partial charge in [0, 0.05) is 45.2 Å². The third-order valence-electron chi connectivity index (χ3n) is 6.49. The van der Waals surface area contributed by atoms with Crippen LogP contribution in [0, 0.1) is 12.8 Å². The molecule has 3 rings (SSSR count). The first-order chi connectivity index (χ1) is 14.3. The van der Waals surface area contributed by atoms with Gasteiger partial charge in [0.1, 0.15) is 5.75 Å². The van der Waals surface area contributed by atoms with Crippen LogP contribution in [0.5, 0.6) is 5.75 Å². The van der Waals surface area contributed by atoms with Gasteiger partial charge in [0.25, 0.3) is 5.91 Å². The van der Waals surface area contributed by atoms with Crippen LogP contribution in [0.15, 0.2) is 18.2 Å². The Bertz CT molecular complexity index is 748. The van der Waals surface area contributed by atoms with Crippen LogP contribution >= 0.6 is 0 Å². The lowest BCUT2D eigenvalue weighted by Crippen LogP contribution is -2.51. The van der Waals surface area contributed by atoms with Crippen LogP contribution in [0.4, 0.5) is 0 Å². The summed E-state index contributed by atoms with van der Waals surface area (Å²) in [4.78, 5) is 31.8. The highest BCUT2D eigenvalue weighted by Crippen LogP contribution is 2.25. The Morgan fingerprint density at radius 2 is 1.60 bits per heavy atom. The molecule has 0 radical (unpaired) electrons. The molecule has 0 aromatic heterocycles. The molecular formula is C24H37N3O3. The molecule has 0 saturated carbocycles. The number of carbonyl (C=O) groups excluding carboxylic acids is 2. The van der Waals surface area contributed by atoms with E-state index in [9.17, 15) is 9.59 Å². The number of piperidine rings is 1. The van der Waals surface area contributed by atoms with E-state index >= 15 is 0 Å². The average Bonchev–Trinajstić information content (AvgIpc) is 2.73. The second-order valence-corrected chi connectivity index (χ2v) is 9.16. The molecule has 0 spiro atoms. The van der Waals surface area contributed by atoms with Gasteiger partial charge in [-0.3, -0.25) is 9.59 Å². The van der Waals surface area contributed by atoms with E-state index in [1.54, 1.807) is 0 Å². The Morgan fingerprint density at radius 1 is 0.967 bits per heavy atom. The van der Waals surface area contributed by atoms with Gasteiger partial charge >= 0.3 is 0 Å². The SMILES string of the molecule is Cc1cc(OC(C)C(=O)N2CCC(C(=O)N3CCN(C)CC3)CC2)ccc1C(C)C. The van der Waals surface area contributed by atoms with Crippen molar-refractivity contribution in [1.82, 2.24) is 14.7 Å². The number of likely N-dealkylation sites (N-methyl/N-ethyl adjacent to an activating group) is 1. The Balaban J connectivity index is 1.49. The summed E-state index contributed by atoms with van der Waals surface area (Å²) in [7, 11) is 2.09. The van der Waals surface area contributed by atoms with Gasteiger partial charge in [0.15, 0.2) is 6.10 Å². The summed E-state index contributed by atoms with van der Waals surface area (Å²) in [6, 6.07) is 6.05. The zero-order chi connectivity index (χ0) is 21.8. The van der Waals surface area contributed by atoms with Gasteiger partial charge in [0.05, 0.1) is 0 Å². The Morgan fingerprint density at radius 3 is 2.17 bits per heavy atom. The van der Waals surface area contributed by atoms with Gasteiger partial charge in [-0.05, 0) is 62.9 Å². The first-order valence-corrected chi connectivity index (χ1v) is 11.3. The molecule has 1 aromatic carbocycles. The summed E-state index contributed by atoms with van der Waals surface area (Å²) in [5.41, 5.74) is 2.49. The minimum atomic E-state index is -0.529. The molecular weight excluding hydrogens is 378 g/mol. The molecule has 2 saturated heterocycles. The number of piperazine rings is 1. The second-order valence-electron chi connectivity index (χ2n) is 9.16. The molecule has 0 aliphatic carbocycles. The van der Waals surface area contributed by atoms with Crippen molar-refractivity contribution in [3.8, 4) is 5.75 Å². The number of amides is 2. The maximum absolute atomic E-state index is 12.9. The van der Waals surface area contributed by atoms with Gasteiger partial charge in [0.2, 0.25) is 5.91 Å². The Labute approximate surface area is 181 Å². The highest BCUT2D eigenvalue weighted by Gasteiger charge is 2.32. The molecule has 166 valence electrons. The molecule has 6 nitrogen and oxygen atoms in total. The Kier molecular flexibility index (Phi) is 7.40. The largest absolute Gasteiger partial charge is 0.481 e. The van der Waals surface area contributed by atoms with Crippen molar-refractivity contribution in [2.24, 2.45) is 5.92 Å². The molecule has 2 heterocycles. The Hall–Kier alpha value is -2.08. The second kappa shape index (κ2) is 9.82. The van der Waals surface area contributed by atoms with Crippen molar-refractivity contribution in [2.45, 2.75) is 52.6 Å². The van der Waals surface area contributed by atoms with E-state index in [2.05, 4.69) is 38.8 Å². The quantitative estimate of drug-likeness (QED) is 0.742. The third kappa shape index (κ3) is 5.34. The van der Waals surface area contributed by atoms with Crippen molar-refractivity contribution in [1.29, 1.82) is 0 Å². The van der Waals surface area contributed by atoms with E-state index in [1.165, 1.54) is 11.1 Å². The van der Waals surface area contributed by atoms with Crippen molar-refractivity contribution in [2.75, 3.05) is 46.3 Å². The van der Waals surface area contributed by atoms with Crippen LogP contribution in [-0.4, -0.2) is 78.9 Å². The number of rotatable bonds is 5. The minimum Gasteiger partial charge on any atom is -0.481 e. The molecule has 1 unspecified atom stereocenters. The molecule has 6 heteroatoms. The predicted octanol–water partition coefficient (Wildman–Crippen LogP) is 2.90. The van der Waals surface area contributed by atoms with Crippen LogP contribution in [0.25, 0.3) is 0 Å². The molecule has 2 fully saturated rings. The third-order valence-corrected chi connectivity index (χ3v) is 6.49. The number of hydrogen-bond acceptors (Lipinski definition) is 4. The fourth-order valence-corrected chi connectivity index (χ4v) is 4.51. The maximum atomic E-state index is 12.9. The van der Waals surface area contributed by atoms with Crippen LogP contribution in [0.1, 0.15) is 50.7 Å². The normalized spacial score (nSPS) is 19.8. The van der Waals surface area contributed by atoms with Gasteiger partial charge in [-0.2, -0.15) is 0 Å². The van der Waals surface area contributed by atoms with Crippen LogP contribution in [0.3, 0.4) is 0 Å². The van der Waals surface area contributed by atoms with Crippen LogP contribution in [-0.2, 0) is 9.59 Å². The first-order valence-electron chi connectivity index (χ1n) is 11.3. The van der Waals surface area contributed by atoms with E-state index in [0.29, 0.717) is 19.0 Å². The summed E-state index contributed by atoms with van der Waals surface area (Å²) in [5, 5.41) is 0. The zero-order valence-electron chi connectivity index (χ0n) is 19.2. The molecule has 2 aliphatic heterocycles. The molecule has 2 aliphatic rings. The van der Waals surface area contributed by atoms with E-state index in [0.717, 1.165) is 44.8 Å². The van der Waals surface area contributed by atoms with Crippen LogP contribution in [0.2, 0.25) is 0 Å². The fourth-order valence-electron chi connectivity index (χ4n) is 4.51. The van der Waals surface area contributed by atoms with E-state index in [4.69, 9.17) is 4.74 Å². The van der Waals surface area contributed by atoms with Gasteiger partial charge in [-0.15, -0.1) is 0 Å². The molecule has 0 N–H and O–H groups in total. The topological polar surface area (TPSA) is 53.1 Å². The monoisotopic (exact) mass is 415 g/mol. The van der Waals surface area contributed by atoms with Crippen molar-refractivity contribution < 1.29 is 14.3 Å². The van der Waals surface area contributed by atoms with Crippen molar-refractivity contribution >= 4 is 11.8 Å². The fraction of sp³-hybridized carbons (Fsp3) is 0.667. The van der Waals surface area contributed by atoms with Crippen molar-refractivity contribution in [3.63, 3.8) is 0 Å². The molecule has 1 aromatic rings. The standard InChI is InChI=1S/C24H37N3O3/c1-17(2)22-7-6-21(16-18(22)3)30-19(4)23(28)26-10-8-20(9-11-26)24(29)27-14-12-25(5)13-15-27/h6-7,16-17,19-20H,8-15H2,1-5H3. The lowest BCUT2D eigenvalue weighted by Gasteiger charge is -2.38. The van der Waals surface area contributed by atoms with Gasteiger partial charge in [-0.1, -0.05) is 19.9 Å². The maximum Gasteiger partial charge on any atom is 0.263 e. The lowest BCUT2D eigenvalue weighted by molar-refractivity contribution is -0.144.